The summed E-state index contributed by atoms with van der Waals surface area (Å²) in [6, 6.07) is 0. The van der Waals surface area contributed by atoms with Crippen LogP contribution in [0, 0.1) is 22.7 Å². The molecule has 0 aromatic rings. The van der Waals surface area contributed by atoms with Gasteiger partial charge in [-0.05, 0) is 50.5 Å². The highest BCUT2D eigenvalue weighted by molar-refractivity contribution is 5.80. The van der Waals surface area contributed by atoms with E-state index in [-0.39, 0.29) is 35.4 Å². The minimum absolute atomic E-state index is 0.0119. The van der Waals surface area contributed by atoms with Crippen LogP contribution in [-0.4, -0.2) is 23.8 Å². The van der Waals surface area contributed by atoms with Crippen LogP contribution in [0.3, 0.4) is 0 Å². The fraction of sp³-hybridized carbons (Fsp3) is 0.812. The predicted molar refractivity (Wildman–Crippen MR) is 72.4 cm³/mol. The van der Waals surface area contributed by atoms with Crippen molar-refractivity contribution in [3.8, 4) is 0 Å². The number of rotatable bonds is 2. The average Bonchev–Trinajstić information content (AvgIpc) is 2.58. The molecule has 3 nitrogen and oxygen atoms in total. The molecule has 3 rings (SSSR count). The number of esters is 1. The lowest BCUT2D eigenvalue weighted by Crippen LogP contribution is -2.52. The van der Waals surface area contributed by atoms with Crippen molar-refractivity contribution in [2.24, 2.45) is 22.7 Å². The highest BCUT2D eigenvalue weighted by Gasteiger charge is 2.65. The van der Waals surface area contributed by atoms with Gasteiger partial charge in [0.1, 0.15) is 6.10 Å². The zero-order valence-electron chi connectivity index (χ0n) is 12.1. The molecule has 0 aromatic carbocycles. The summed E-state index contributed by atoms with van der Waals surface area (Å²) >= 11 is 0. The number of ether oxygens (including phenoxy) is 1. The summed E-state index contributed by atoms with van der Waals surface area (Å²) in [5.41, 5.74) is 1.06. The van der Waals surface area contributed by atoms with Gasteiger partial charge in [0.05, 0.1) is 5.41 Å². The van der Waals surface area contributed by atoms with Gasteiger partial charge in [-0.15, -0.1) is 0 Å². The zero-order valence-corrected chi connectivity index (χ0v) is 12.1. The molecule has 0 bridgehead atoms. The maximum absolute atomic E-state index is 12.3. The van der Waals surface area contributed by atoms with Crippen molar-refractivity contribution >= 4 is 5.97 Å². The first-order chi connectivity index (χ1) is 8.93. The number of allylic oxidation sites excluding steroid dienone is 1. The quantitative estimate of drug-likeness (QED) is 0.616. The summed E-state index contributed by atoms with van der Waals surface area (Å²) < 4.78 is 5.67. The monoisotopic (exact) mass is 264 g/mol. The van der Waals surface area contributed by atoms with Gasteiger partial charge in [0.15, 0.2) is 0 Å². The van der Waals surface area contributed by atoms with E-state index in [0.29, 0.717) is 5.92 Å². The van der Waals surface area contributed by atoms with Crippen molar-refractivity contribution < 1.29 is 14.6 Å². The Labute approximate surface area is 115 Å². The Morgan fingerprint density at radius 3 is 2.84 bits per heavy atom. The first kappa shape index (κ1) is 13.2. The van der Waals surface area contributed by atoms with Crippen LogP contribution >= 0.6 is 0 Å². The lowest BCUT2D eigenvalue weighted by Gasteiger charge is -2.54. The second kappa shape index (κ2) is 4.08. The van der Waals surface area contributed by atoms with E-state index in [1.165, 1.54) is 5.57 Å². The SMILES string of the molecule is CC1=C[C@H]2OC(=O)[C@@]3(C)CCC[C@@](C)([C@@H]23)[C@H]1CCO. The summed E-state index contributed by atoms with van der Waals surface area (Å²) in [7, 11) is 0. The van der Waals surface area contributed by atoms with Crippen molar-refractivity contribution in [2.45, 2.75) is 52.6 Å². The largest absolute Gasteiger partial charge is 0.457 e. The molecule has 0 spiro atoms. The molecule has 3 heteroatoms. The number of carbonyl (C=O) groups excluding carboxylic acids is 1. The molecule has 3 aliphatic rings. The molecule has 106 valence electrons. The Kier molecular flexibility index (Phi) is 2.83. The molecule has 2 fully saturated rings. The van der Waals surface area contributed by atoms with Gasteiger partial charge in [0.25, 0.3) is 0 Å². The number of carbonyl (C=O) groups is 1. The predicted octanol–water partition coefficient (Wildman–Crippen LogP) is 2.68. The van der Waals surface area contributed by atoms with E-state index < -0.39 is 0 Å². The van der Waals surface area contributed by atoms with E-state index in [2.05, 4.69) is 26.8 Å². The molecule has 1 saturated carbocycles. The Hall–Kier alpha value is -0.830. The molecular weight excluding hydrogens is 240 g/mol. The van der Waals surface area contributed by atoms with Gasteiger partial charge in [-0.25, -0.2) is 0 Å². The molecule has 1 N–H and O–H groups in total. The second-order valence-electron chi connectivity index (χ2n) is 7.10. The molecule has 0 amide bonds. The molecule has 2 aliphatic carbocycles. The Bertz CT molecular complexity index is 441. The fourth-order valence-corrected chi connectivity index (χ4v) is 5.27. The van der Waals surface area contributed by atoms with Crippen LogP contribution in [0.5, 0.6) is 0 Å². The van der Waals surface area contributed by atoms with Gasteiger partial charge in [-0.3, -0.25) is 4.79 Å². The third-order valence-corrected chi connectivity index (χ3v) is 6.04. The maximum Gasteiger partial charge on any atom is 0.312 e. The van der Waals surface area contributed by atoms with Crippen LogP contribution in [0.25, 0.3) is 0 Å². The highest BCUT2D eigenvalue weighted by atomic mass is 16.6. The lowest BCUT2D eigenvalue weighted by atomic mass is 9.48. The molecule has 5 atom stereocenters. The van der Waals surface area contributed by atoms with Gasteiger partial charge in [0.2, 0.25) is 0 Å². The summed E-state index contributed by atoms with van der Waals surface area (Å²) in [6.45, 7) is 6.73. The first-order valence-electron chi connectivity index (χ1n) is 7.44. The van der Waals surface area contributed by atoms with Gasteiger partial charge >= 0.3 is 5.97 Å². The third-order valence-electron chi connectivity index (χ3n) is 6.04. The molecule has 0 unspecified atom stereocenters. The van der Waals surface area contributed by atoms with Crippen molar-refractivity contribution in [1.29, 1.82) is 0 Å². The number of aliphatic hydroxyl groups excluding tert-OH is 1. The Morgan fingerprint density at radius 1 is 1.42 bits per heavy atom. The first-order valence-corrected chi connectivity index (χ1v) is 7.44. The molecule has 0 aromatic heterocycles. The van der Waals surface area contributed by atoms with Gasteiger partial charge in [0, 0.05) is 12.5 Å². The summed E-state index contributed by atoms with van der Waals surface area (Å²) in [6.07, 6.45) is 6.06. The van der Waals surface area contributed by atoms with E-state index in [1.807, 2.05) is 0 Å². The lowest BCUT2D eigenvalue weighted by molar-refractivity contribution is -0.148. The zero-order chi connectivity index (χ0) is 13.8. The molecule has 1 aliphatic heterocycles. The van der Waals surface area contributed by atoms with Crippen molar-refractivity contribution in [3.05, 3.63) is 11.6 Å². The van der Waals surface area contributed by atoms with E-state index >= 15 is 0 Å². The average molecular weight is 264 g/mol. The van der Waals surface area contributed by atoms with Crippen LogP contribution in [-0.2, 0) is 9.53 Å². The van der Waals surface area contributed by atoms with Crippen LogP contribution in [0.15, 0.2) is 11.6 Å². The molecule has 1 heterocycles. The van der Waals surface area contributed by atoms with Crippen LogP contribution in [0.1, 0.15) is 46.5 Å². The molecular formula is C16H24O3. The second-order valence-corrected chi connectivity index (χ2v) is 7.10. The van der Waals surface area contributed by atoms with E-state index in [0.717, 1.165) is 25.7 Å². The smallest absolute Gasteiger partial charge is 0.312 e. The Balaban J connectivity index is 2.09. The van der Waals surface area contributed by atoms with Crippen LogP contribution in [0.2, 0.25) is 0 Å². The molecule has 1 saturated heterocycles. The number of aliphatic hydroxyl groups is 1. The maximum atomic E-state index is 12.3. The topological polar surface area (TPSA) is 46.5 Å². The summed E-state index contributed by atoms with van der Waals surface area (Å²) in [5.74, 6) is 0.650. The van der Waals surface area contributed by atoms with E-state index in [9.17, 15) is 9.90 Å². The summed E-state index contributed by atoms with van der Waals surface area (Å²) in [4.78, 5) is 12.3. The van der Waals surface area contributed by atoms with Gasteiger partial charge in [-0.2, -0.15) is 0 Å². The van der Waals surface area contributed by atoms with Crippen molar-refractivity contribution in [1.82, 2.24) is 0 Å². The fourth-order valence-electron chi connectivity index (χ4n) is 5.27. The van der Waals surface area contributed by atoms with Crippen LogP contribution < -0.4 is 0 Å². The molecule has 19 heavy (non-hydrogen) atoms. The number of hydrogen-bond acceptors (Lipinski definition) is 3. The van der Waals surface area contributed by atoms with Gasteiger partial charge in [-0.1, -0.05) is 18.9 Å². The molecule has 0 radical (unpaired) electrons. The minimum atomic E-state index is -0.317. The summed E-state index contributed by atoms with van der Waals surface area (Å²) in [5, 5.41) is 9.38. The third kappa shape index (κ3) is 1.57. The van der Waals surface area contributed by atoms with Crippen LogP contribution in [0.4, 0.5) is 0 Å². The minimum Gasteiger partial charge on any atom is -0.457 e. The standard InChI is InChI=1S/C16H24O3/c1-10-9-12-13-15(2,11(10)5-8-17)6-4-7-16(13,3)14(18)19-12/h9,11-13,17H,4-8H2,1-3H3/t11-,12+,13+,15+,16-/m0/s1. The van der Waals surface area contributed by atoms with Crippen molar-refractivity contribution in [3.63, 3.8) is 0 Å². The highest BCUT2D eigenvalue weighted by Crippen LogP contribution is 2.63. The van der Waals surface area contributed by atoms with E-state index in [4.69, 9.17) is 4.74 Å². The number of hydrogen-bond donors (Lipinski definition) is 1. The van der Waals surface area contributed by atoms with E-state index in [1.54, 1.807) is 0 Å². The van der Waals surface area contributed by atoms with Gasteiger partial charge < -0.3 is 9.84 Å². The Morgan fingerprint density at radius 2 is 2.16 bits per heavy atom. The van der Waals surface area contributed by atoms with Crippen molar-refractivity contribution in [2.75, 3.05) is 6.61 Å². The normalized spacial score (nSPS) is 48.5.